The van der Waals surface area contributed by atoms with Crippen molar-refractivity contribution in [2.45, 2.75) is 12.8 Å². The van der Waals surface area contributed by atoms with Crippen LogP contribution in [0.5, 0.6) is 0 Å². The number of nitrogens with one attached hydrogen (secondary N) is 1. The summed E-state index contributed by atoms with van der Waals surface area (Å²) in [4.78, 5) is 2.00. The average Bonchev–Trinajstić information content (AvgIpc) is 2.37. The summed E-state index contributed by atoms with van der Waals surface area (Å²) in [6.45, 7) is 2.05. The molecule has 1 N–H and O–H groups in total. The van der Waals surface area contributed by atoms with Crippen LogP contribution in [0.4, 0.5) is 0 Å². The van der Waals surface area contributed by atoms with Gasteiger partial charge in [-0.2, -0.15) is 0 Å². The molecule has 51 valence electrons. The highest BCUT2D eigenvalue weighted by atomic mass is 15.3. The third-order valence-corrected chi connectivity index (χ3v) is 1.62. The Morgan fingerprint density at radius 3 is 2.44 bits per heavy atom. The van der Waals surface area contributed by atoms with Crippen molar-refractivity contribution in [1.82, 2.24) is 10.2 Å². The Morgan fingerprint density at radius 1 is 1.44 bits per heavy atom. The van der Waals surface area contributed by atoms with Crippen LogP contribution in [0.25, 0.3) is 0 Å². The van der Waals surface area contributed by atoms with Crippen molar-refractivity contribution in [3.63, 3.8) is 0 Å². The smallest absolute Gasteiger partial charge is 0.212 e. The summed E-state index contributed by atoms with van der Waals surface area (Å²) in [7, 11) is 1.67. The summed E-state index contributed by atoms with van der Waals surface area (Å²) in [5, 5.41) is 11.1. The zero-order chi connectivity index (χ0) is 6.69. The van der Waals surface area contributed by atoms with E-state index in [0.717, 1.165) is 13.1 Å². The van der Waals surface area contributed by atoms with Gasteiger partial charge in [-0.1, -0.05) is 0 Å². The number of rotatable bonds is 0. The number of guanidine groups is 1. The summed E-state index contributed by atoms with van der Waals surface area (Å²) in [5.74, 6) is 0.438. The number of hydrogen-bond acceptors (Lipinski definition) is 1. The molecule has 0 unspecified atom stereocenters. The highest BCUT2D eigenvalue weighted by molar-refractivity contribution is 5.76. The van der Waals surface area contributed by atoms with Crippen molar-refractivity contribution in [2.75, 3.05) is 20.1 Å². The highest BCUT2D eigenvalue weighted by Crippen LogP contribution is 2.05. The molecule has 1 radical (unpaired) electrons. The van der Waals surface area contributed by atoms with Gasteiger partial charge in [0.2, 0.25) is 5.96 Å². The van der Waals surface area contributed by atoms with Crippen molar-refractivity contribution < 1.29 is 0 Å². The van der Waals surface area contributed by atoms with E-state index in [1.807, 2.05) is 4.90 Å². The average molecular weight is 126 g/mol. The molecule has 3 heteroatoms. The molecular formula is C6H12N3. The van der Waals surface area contributed by atoms with Crippen LogP contribution in [0.1, 0.15) is 12.8 Å². The molecule has 1 rings (SSSR count). The summed E-state index contributed by atoms with van der Waals surface area (Å²) in [6, 6.07) is 0. The topological polar surface area (TPSA) is 41.2 Å². The second-order valence-electron chi connectivity index (χ2n) is 2.24. The molecule has 3 nitrogen and oxygen atoms in total. The molecule has 0 saturated carbocycles. The fraction of sp³-hybridized carbons (Fsp3) is 0.833. The van der Waals surface area contributed by atoms with Gasteiger partial charge in [-0.25, -0.2) is 0 Å². The normalized spacial score (nSPS) is 18.1. The van der Waals surface area contributed by atoms with Crippen LogP contribution in [-0.2, 0) is 0 Å². The largest absolute Gasteiger partial charge is 0.342 e. The van der Waals surface area contributed by atoms with Gasteiger partial charge in [0.15, 0.2) is 0 Å². The molecule has 1 aliphatic heterocycles. The standard InChI is InChI=1S/C6H12N3/c1-8-6(7)9-4-2-3-5-9/h7H,2-5H2,1H3. The third-order valence-electron chi connectivity index (χ3n) is 1.62. The first-order chi connectivity index (χ1) is 4.34. The van der Waals surface area contributed by atoms with Crippen molar-refractivity contribution in [3.05, 3.63) is 0 Å². The molecule has 0 aromatic carbocycles. The second-order valence-corrected chi connectivity index (χ2v) is 2.24. The molecule has 0 bridgehead atoms. The molecule has 0 atom stereocenters. The van der Waals surface area contributed by atoms with Gasteiger partial charge in [0.1, 0.15) is 0 Å². The fourth-order valence-corrected chi connectivity index (χ4v) is 1.07. The van der Waals surface area contributed by atoms with Crippen LogP contribution >= 0.6 is 0 Å². The van der Waals surface area contributed by atoms with E-state index >= 15 is 0 Å². The first kappa shape index (κ1) is 6.39. The van der Waals surface area contributed by atoms with Crippen LogP contribution < -0.4 is 5.32 Å². The number of hydrogen-bond donors (Lipinski definition) is 1. The lowest BCUT2D eigenvalue weighted by Crippen LogP contribution is -2.32. The molecule has 9 heavy (non-hydrogen) atoms. The van der Waals surface area contributed by atoms with Crippen molar-refractivity contribution in [2.24, 2.45) is 0 Å². The zero-order valence-electron chi connectivity index (χ0n) is 5.72. The summed E-state index contributed by atoms with van der Waals surface area (Å²) in [5.41, 5.74) is 0. The Morgan fingerprint density at radius 2 is 2.00 bits per heavy atom. The van der Waals surface area contributed by atoms with Gasteiger partial charge >= 0.3 is 0 Å². The lowest BCUT2D eigenvalue weighted by Gasteiger charge is -2.14. The van der Waals surface area contributed by atoms with E-state index in [4.69, 9.17) is 5.41 Å². The molecule has 1 saturated heterocycles. The van der Waals surface area contributed by atoms with E-state index in [2.05, 4.69) is 5.32 Å². The van der Waals surface area contributed by atoms with Gasteiger partial charge in [-0.15, -0.1) is 0 Å². The van der Waals surface area contributed by atoms with Crippen LogP contribution in [0.2, 0.25) is 0 Å². The lowest BCUT2D eigenvalue weighted by atomic mass is 10.4. The van der Waals surface area contributed by atoms with Crippen LogP contribution in [0.3, 0.4) is 0 Å². The fourth-order valence-electron chi connectivity index (χ4n) is 1.07. The SMILES string of the molecule is C[N]C(=N)N1CCCC1. The Balaban J connectivity index is 2.32. The zero-order valence-corrected chi connectivity index (χ0v) is 5.72. The Kier molecular flexibility index (Phi) is 1.92. The van der Waals surface area contributed by atoms with Gasteiger partial charge in [-0.3, -0.25) is 10.7 Å². The molecule has 0 aliphatic carbocycles. The molecule has 0 aromatic rings. The lowest BCUT2D eigenvalue weighted by molar-refractivity contribution is 0.496. The maximum atomic E-state index is 7.29. The van der Waals surface area contributed by atoms with E-state index in [1.54, 1.807) is 7.05 Å². The van der Waals surface area contributed by atoms with Crippen molar-refractivity contribution in [3.8, 4) is 0 Å². The maximum absolute atomic E-state index is 7.29. The molecule has 1 aliphatic rings. The highest BCUT2D eigenvalue weighted by Gasteiger charge is 2.13. The van der Waals surface area contributed by atoms with Gasteiger partial charge < -0.3 is 4.90 Å². The van der Waals surface area contributed by atoms with E-state index < -0.39 is 0 Å². The summed E-state index contributed by atoms with van der Waals surface area (Å²) < 4.78 is 0. The number of likely N-dealkylation sites (tertiary alicyclic amines) is 1. The first-order valence-corrected chi connectivity index (χ1v) is 3.28. The van der Waals surface area contributed by atoms with E-state index in [0.29, 0.717) is 5.96 Å². The minimum atomic E-state index is 0.438. The Hall–Kier alpha value is -0.730. The Bertz CT molecular complexity index is 105. The van der Waals surface area contributed by atoms with Gasteiger partial charge in [0, 0.05) is 20.1 Å². The van der Waals surface area contributed by atoms with Crippen LogP contribution in [0.15, 0.2) is 0 Å². The molecule has 0 amide bonds. The van der Waals surface area contributed by atoms with Gasteiger partial charge in [-0.05, 0) is 12.8 Å². The van der Waals surface area contributed by atoms with Crippen molar-refractivity contribution in [1.29, 1.82) is 5.41 Å². The second kappa shape index (κ2) is 2.71. The molecule has 0 spiro atoms. The predicted molar refractivity (Wildman–Crippen MR) is 36.6 cm³/mol. The van der Waals surface area contributed by atoms with Crippen LogP contribution in [0, 0.1) is 5.41 Å². The maximum Gasteiger partial charge on any atom is 0.212 e. The van der Waals surface area contributed by atoms with E-state index in [-0.39, 0.29) is 0 Å². The molecular weight excluding hydrogens is 114 g/mol. The van der Waals surface area contributed by atoms with Crippen molar-refractivity contribution >= 4 is 5.96 Å². The molecule has 1 heterocycles. The molecule has 1 fully saturated rings. The minimum Gasteiger partial charge on any atom is -0.342 e. The predicted octanol–water partition coefficient (Wildman–Crippen LogP) is 0.251. The first-order valence-electron chi connectivity index (χ1n) is 3.28. The molecule has 0 aromatic heterocycles. The Labute approximate surface area is 55.6 Å². The summed E-state index contributed by atoms with van der Waals surface area (Å²) >= 11 is 0. The van der Waals surface area contributed by atoms with Gasteiger partial charge in [0.05, 0.1) is 0 Å². The summed E-state index contributed by atoms with van der Waals surface area (Å²) in [6.07, 6.45) is 2.44. The third kappa shape index (κ3) is 1.34. The quantitative estimate of drug-likeness (QED) is 0.367. The minimum absolute atomic E-state index is 0.438. The van der Waals surface area contributed by atoms with Gasteiger partial charge in [0.25, 0.3) is 0 Å². The number of nitrogens with zero attached hydrogens (tertiary/aromatic N) is 2. The van der Waals surface area contributed by atoms with E-state index in [9.17, 15) is 0 Å². The van der Waals surface area contributed by atoms with E-state index in [1.165, 1.54) is 12.8 Å². The monoisotopic (exact) mass is 126 g/mol. The van der Waals surface area contributed by atoms with Crippen LogP contribution in [-0.4, -0.2) is 31.0 Å².